The number of ether oxygens (including phenoxy) is 2. The van der Waals surface area contributed by atoms with Gasteiger partial charge >= 0.3 is 5.97 Å². The first-order valence-electron chi connectivity index (χ1n) is 4.70. The highest BCUT2D eigenvalue weighted by Gasteiger charge is 2.40. The third kappa shape index (κ3) is 2.19. The summed E-state index contributed by atoms with van der Waals surface area (Å²) in [5, 5.41) is 0. The van der Waals surface area contributed by atoms with Crippen LogP contribution in [0.15, 0.2) is 0 Å². The minimum atomic E-state index is -0.575. The molecule has 0 aromatic heterocycles. The lowest BCUT2D eigenvalue weighted by atomic mass is 9.83. The predicted molar refractivity (Wildman–Crippen MR) is 48.2 cm³/mol. The fourth-order valence-electron chi connectivity index (χ4n) is 1.54. The highest BCUT2D eigenvalue weighted by atomic mass is 16.5. The Labute approximate surface area is 78.4 Å². The molecule has 0 amide bonds. The summed E-state index contributed by atoms with van der Waals surface area (Å²) in [5.74, 6) is -0.211. The molecule has 1 fully saturated rings. The van der Waals surface area contributed by atoms with Gasteiger partial charge in [-0.25, -0.2) is 0 Å². The van der Waals surface area contributed by atoms with Crippen molar-refractivity contribution in [2.75, 3.05) is 26.4 Å². The van der Waals surface area contributed by atoms with E-state index in [1.165, 1.54) is 0 Å². The van der Waals surface area contributed by atoms with Crippen molar-refractivity contribution in [1.82, 2.24) is 0 Å². The van der Waals surface area contributed by atoms with E-state index in [1.54, 1.807) is 6.92 Å². The molecule has 1 saturated heterocycles. The standard InChI is InChI=1S/C9H17NO3/c1-2-13-8(11)9(6-10)4-3-5-12-7-9/h2-7,10H2,1H3/t9-/m0/s1. The van der Waals surface area contributed by atoms with Crippen molar-refractivity contribution < 1.29 is 14.3 Å². The molecule has 1 heterocycles. The fourth-order valence-corrected chi connectivity index (χ4v) is 1.54. The van der Waals surface area contributed by atoms with E-state index in [2.05, 4.69) is 0 Å². The van der Waals surface area contributed by atoms with Crippen LogP contribution in [0.5, 0.6) is 0 Å². The predicted octanol–water partition coefficient (Wildman–Crippen LogP) is 0.305. The Balaban J connectivity index is 2.61. The van der Waals surface area contributed by atoms with E-state index in [4.69, 9.17) is 15.2 Å². The zero-order valence-corrected chi connectivity index (χ0v) is 8.04. The van der Waals surface area contributed by atoms with Crippen molar-refractivity contribution >= 4 is 5.97 Å². The SMILES string of the molecule is CCOC(=O)[C@]1(CN)CCCOC1. The van der Waals surface area contributed by atoms with Gasteiger partial charge in [0.05, 0.1) is 13.2 Å². The van der Waals surface area contributed by atoms with E-state index in [9.17, 15) is 4.79 Å². The number of hydrogen-bond acceptors (Lipinski definition) is 4. The Kier molecular flexibility index (Phi) is 3.69. The fraction of sp³-hybridized carbons (Fsp3) is 0.889. The molecule has 0 saturated carbocycles. The molecular formula is C9H17NO3. The van der Waals surface area contributed by atoms with E-state index in [0.717, 1.165) is 19.4 Å². The molecule has 0 radical (unpaired) electrons. The monoisotopic (exact) mass is 187 g/mol. The Morgan fingerprint density at radius 3 is 2.92 bits per heavy atom. The van der Waals surface area contributed by atoms with Crippen molar-refractivity contribution in [3.8, 4) is 0 Å². The van der Waals surface area contributed by atoms with Gasteiger partial charge < -0.3 is 15.2 Å². The molecule has 0 unspecified atom stereocenters. The number of hydrogen-bond donors (Lipinski definition) is 1. The van der Waals surface area contributed by atoms with Crippen LogP contribution < -0.4 is 5.73 Å². The second kappa shape index (κ2) is 4.58. The van der Waals surface area contributed by atoms with Crippen molar-refractivity contribution in [2.45, 2.75) is 19.8 Å². The van der Waals surface area contributed by atoms with Crippen molar-refractivity contribution in [1.29, 1.82) is 0 Å². The number of rotatable bonds is 3. The van der Waals surface area contributed by atoms with Crippen molar-refractivity contribution in [3.63, 3.8) is 0 Å². The van der Waals surface area contributed by atoms with E-state index < -0.39 is 5.41 Å². The van der Waals surface area contributed by atoms with Gasteiger partial charge in [0.1, 0.15) is 5.41 Å². The summed E-state index contributed by atoms with van der Waals surface area (Å²) in [6.07, 6.45) is 1.67. The molecule has 0 aliphatic carbocycles. The van der Waals surface area contributed by atoms with Crippen LogP contribution in [0.1, 0.15) is 19.8 Å². The molecule has 1 rings (SSSR count). The second-order valence-electron chi connectivity index (χ2n) is 3.36. The average molecular weight is 187 g/mol. The zero-order valence-electron chi connectivity index (χ0n) is 8.04. The minimum Gasteiger partial charge on any atom is -0.465 e. The summed E-state index contributed by atoms with van der Waals surface area (Å²) in [7, 11) is 0. The van der Waals surface area contributed by atoms with E-state index in [1.807, 2.05) is 0 Å². The van der Waals surface area contributed by atoms with Gasteiger partial charge in [-0.3, -0.25) is 4.79 Å². The summed E-state index contributed by atoms with van der Waals surface area (Å²) >= 11 is 0. The van der Waals surface area contributed by atoms with Crippen molar-refractivity contribution in [3.05, 3.63) is 0 Å². The molecular weight excluding hydrogens is 170 g/mol. The van der Waals surface area contributed by atoms with E-state index in [-0.39, 0.29) is 5.97 Å². The lowest BCUT2D eigenvalue weighted by Crippen LogP contribution is -2.46. The third-order valence-corrected chi connectivity index (χ3v) is 2.42. The van der Waals surface area contributed by atoms with Gasteiger partial charge in [-0.05, 0) is 19.8 Å². The van der Waals surface area contributed by atoms with Gasteiger partial charge in [0.2, 0.25) is 0 Å². The van der Waals surface area contributed by atoms with Crippen LogP contribution >= 0.6 is 0 Å². The first kappa shape index (κ1) is 10.5. The largest absolute Gasteiger partial charge is 0.465 e. The highest BCUT2D eigenvalue weighted by molar-refractivity contribution is 5.77. The van der Waals surface area contributed by atoms with Gasteiger partial charge in [-0.15, -0.1) is 0 Å². The number of carbonyl (C=O) groups excluding carboxylic acids is 1. The first-order chi connectivity index (χ1) is 6.25. The summed E-state index contributed by atoms with van der Waals surface area (Å²) in [5.41, 5.74) is 5.01. The molecule has 4 heteroatoms. The van der Waals surface area contributed by atoms with Crippen LogP contribution in [0.2, 0.25) is 0 Å². The minimum absolute atomic E-state index is 0.211. The molecule has 1 atom stereocenters. The summed E-state index contributed by atoms with van der Waals surface area (Å²) in [6, 6.07) is 0. The molecule has 13 heavy (non-hydrogen) atoms. The van der Waals surface area contributed by atoms with Crippen LogP contribution in [0, 0.1) is 5.41 Å². The number of carbonyl (C=O) groups is 1. The Hall–Kier alpha value is -0.610. The maximum absolute atomic E-state index is 11.6. The quantitative estimate of drug-likeness (QED) is 0.646. The topological polar surface area (TPSA) is 61.5 Å². The summed E-state index contributed by atoms with van der Waals surface area (Å²) in [6.45, 7) is 3.64. The summed E-state index contributed by atoms with van der Waals surface area (Å²) in [4.78, 5) is 11.6. The molecule has 4 nitrogen and oxygen atoms in total. The molecule has 1 aliphatic heterocycles. The zero-order chi connectivity index (χ0) is 9.73. The van der Waals surface area contributed by atoms with Gasteiger partial charge in [0.15, 0.2) is 0 Å². The summed E-state index contributed by atoms with van der Waals surface area (Å²) < 4.78 is 10.2. The van der Waals surface area contributed by atoms with Crippen LogP contribution in [0.25, 0.3) is 0 Å². The molecule has 1 aliphatic rings. The van der Waals surface area contributed by atoms with Gasteiger partial charge in [0.25, 0.3) is 0 Å². The normalized spacial score (nSPS) is 28.5. The smallest absolute Gasteiger partial charge is 0.315 e. The van der Waals surface area contributed by atoms with Crippen molar-refractivity contribution in [2.24, 2.45) is 11.1 Å². The van der Waals surface area contributed by atoms with E-state index in [0.29, 0.717) is 19.8 Å². The Morgan fingerprint density at radius 1 is 1.69 bits per heavy atom. The molecule has 2 N–H and O–H groups in total. The maximum Gasteiger partial charge on any atom is 0.315 e. The van der Waals surface area contributed by atoms with Crippen LogP contribution in [0.3, 0.4) is 0 Å². The maximum atomic E-state index is 11.6. The second-order valence-corrected chi connectivity index (χ2v) is 3.36. The highest BCUT2D eigenvalue weighted by Crippen LogP contribution is 2.28. The molecule has 76 valence electrons. The Bertz CT molecular complexity index is 176. The molecule has 0 aromatic rings. The molecule has 0 spiro atoms. The molecule has 0 bridgehead atoms. The lowest BCUT2D eigenvalue weighted by Gasteiger charge is -2.33. The van der Waals surface area contributed by atoms with Crippen LogP contribution in [-0.2, 0) is 14.3 Å². The van der Waals surface area contributed by atoms with Crippen LogP contribution in [0.4, 0.5) is 0 Å². The molecule has 0 aromatic carbocycles. The van der Waals surface area contributed by atoms with Gasteiger partial charge in [0, 0.05) is 13.2 Å². The number of esters is 1. The average Bonchev–Trinajstić information content (AvgIpc) is 2.19. The van der Waals surface area contributed by atoms with E-state index >= 15 is 0 Å². The number of nitrogens with two attached hydrogens (primary N) is 1. The van der Waals surface area contributed by atoms with Gasteiger partial charge in [-0.1, -0.05) is 0 Å². The van der Waals surface area contributed by atoms with Gasteiger partial charge in [-0.2, -0.15) is 0 Å². The third-order valence-electron chi connectivity index (χ3n) is 2.42. The Morgan fingerprint density at radius 2 is 2.46 bits per heavy atom. The van der Waals surface area contributed by atoms with Crippen LogP contribution in [-0.4, -0.2) is 32.3 Å². The lowest BCUT2D eigenvalue weighted by molar-refractivity contribution is -0.162. The first-order valence-corrected chi connectivity index (χ1v) is 4.70.